The fraction of sp³-hybridized carbons (Fsp3) is 0.375. The van der Waals surface area contributed by atoms with Gasteiger partial charge in [0.25, 0.3) is 5.91 Å². The summed E-state index contributed by atoms with van der Waals surface area (Å²) in [5.74, 6) is -0.131. The lowest BCUT2D eigenvalue weighted by Gasteiger charge is -2.29. The zero-order valence-corrected chi connectivity index (χ0v) is 18.4. The lowest BCUT2D eigenvalue weighted by molar-refractivity contribution is -0.118. The molecule has 3 heterocycles. The Hall–Kier alpha value is -3.19. The van der Waals surface area contributed by atoms with E-state index in [0.29, 0.717) is 25.1 Å². The molecule has 1 N–H and O–H groups in total. The number of nitrogens with one attached hydrogen (secondary N) is 1. The van der Waals surface area contributed by atoms with Crippen LogP contribution < -0.4 is 10.2 Å². The van der Waals surface area contributed by atoms with Crippen molar-refractivity contribution >= 4 is 28.4 Å². The van der Waals surface area contributed by atoms with Crippen molar-refractivity contribution < 1.29 is 9.59 Å². The molecule has 0 unspecified atom stereocenters. The maximum absolute atomic E-state index is 13.3. The number of nitrogens with zero attached hydrogens (tertiary/aromatic N) is 4. The molecule has 4 rings (SSSR count). The maximum Gasteiger partial charge on any atom is 0.252 e. The highest BCUT2D eigenvalue weighted by Gasteiger charge is 2.25. The molecule has 0 radical (unpaired) electrons. The van der Waals surface area contributed by atoms with Crippen molar-refractivity contribution in [2.24, 2.45) is 7.05 Å². The molecule has 2 amide bonds. The average Bonchev–Trinajstić information content (AvgIpc) is 3.08. The number of carbonyl (C=O) groups excluding carboxylic acids is 2. The minimum atomic E-state index is -0.163. The smallest absolute Gasteiger partial charge is 0.252 e. The van der Waals surface area contributed by atoms with Gasteiger partial charge in [0.1, 0.15) is 0 Å². The van der Waals surface area contributed by atoms with Crippen LogP contribution in [-0.2, 0) is 24.7 Å². The molecule has 1 aliphatic rings. The summed E-state index contributed by atoms with van der Waals surface area (Å²) >= 11 is 0. The van der Waals surface area contributed by atoms with Crippen LogP contribution in [-0.4, -0.2) is 60.0 Å². The Bertz CT molecular complexity index is 1120. The van der Waals surface area contributed by atoms with Gasteiger partial charge in [-0.2, -0.15) is 0 Å². The van der Waals surface area contributed by atoms with Crippen molar-refractivity contribution in [2.75, 3.05) is 38.6 Å². The number of fused-ring (bicyclic) bond motifs is 2. The van der Waals surface area contributed by atoms with Crippen LogP contribution in [0.5, 0.6) is 0 Å². The molecule has 7 nitrogen and oxygen atoms in total. The first kappa shape index (κ1) is 21.1. The summed E-state index contributed by atoms with van der Waals surface area (Å²) < 4.78 is 2.06. The van der Waals surface area contributed by atoms with Crippen LogP contribution in [0.1, 0.15) is 28.0 Å². The fourth-order valence-electron chi connectivity index (χ4n) is 4.14. The molecule has 3 aromatic rings. The van der Waals surface area contributed by atoms with Gasteiger partial charge in [-0.15, -0.1) is 0 Å². The van der Waals surface area contributed by atoms with E-state index in [4.69, 9.17) is 0 Å². The lowest BCUT2D eigenvalue weighted by atomic mass is 10.0. The van der Waals surface area contributed by atoms with Crippen LogP contribution in [0.3, 0.4) is 0 Å². The van der Waals surface area contributed by atoms with E-state index in [1.165, 1.54) is 0 Å². The number of aryl methyl sites for hydroxylation is 2. The van der Waals surface area contributed by atoms with E-state index in [2.05, 4.69) is 27.0 Å². The van der Waals surface area contributed by atoms with Crippen molar-refractivity contribution in [3.05, 3.63) is 59.5 Å². The number of carbonyl (C=O) groups is 2. The number of likely N-dealkylation sites (N-methyl/N-ethyl adjacent to an activating group) is 1. The van der Waals surface area contributed by atoms with Crippen molar-refractivity contribution in [1.82, 2.24) is 19.8 Å². The molecule has 0 saturated heterocycles. The Balaban J connectivity index is 1.55. The van der Waals surface area contributed by atoms with E-state index in [1.54, 1.807) is 11.1 Å². The summed E-state index contributed by atoms with van der Waals surface area (Å²) in [5, 5.41) is 4.02. The molecule has 0 fully saturated rings. The topological polar surface area (TPSA) is 70.5 Å². The van der Waals surface area contributed by atoms with Gasteiger partial charge in [0.05, 0.1) is 23.4 Å². The highest BCUT2D eigenvalue weighted by Crippen LogP contribution is 2.28. The molecule has 0 aliphatic carbocycles. The van der Waals surface area contributed by atoms with Gasteiger partial charge in [-0.1, -0.05) is 18.2 Å². The lowest BCUT2D eigenvalue weighted by Crippen LogP contribution is -2.37. The molecule has 1 aliphatic heterocycles. The minimum Gasteiger partial charge on any atom is -0.351 e. The number of amides is 2. The molecule has 7 heteroatoms. The predicted molar refractivity (Wildman–Crippen MR) is 122 cm³/mol. The summed E-state index contributed by atoms with van der Waals surface area (Å²) in [4.78, 5) is 34.2. The molecule has 1 aromatic carbocycles. The summed E-state index contributed by atoms with van der Waals surface area (Å²) in [6, 6.07) is 9.93. The second-order valence-corrected chi connectivity index (χ2v) is 8.36. The average molecular weight is 420 g/mol. The Kier molecular flexibility index (Phi) is 6.04. The molecule has 0 spiro atoms. The first-order valence-electron chi connectivity index (χ1n) is 10.7. The first-order chi connectivity index (χ1) is 14.9. The van der Waals surface area contributed by atoms with Crippen LogP contribution >= 0.6 is 0 Å². The first-order valence-corrected chi connectivity index (χ1v) is 10.7. The van der Waals surface area contributed by atoms with Gasteiger partial charge in [0, 0.05) is 50.0 Å². The number of pyridine rings is 1. The van der Waals surface area contributed by atoms with Gasteiger partial charge in [-0.3, -0.25) is 14.6 Å². The Morgan fingerprint density at radius 2 is 2.03 bits per heavy atom. The number of aromatic nitrogens is 2. The van der Waals surface area contributed by atoms with E-state index in [9.17, 15) is 9.59 Å². The predicted octanol–water partition coefficient (Wildman–Crippen LogP) is 2.39. The van der Waals surface area contributed by atoms with Crippen LogP contribution in [0.25, 0.3) is 10.9 Å². The second kappa shape index (κ2) is 8.89. The van der Waals surface area contributed by atoms with E-state index in [-0.39, 0.29) is 11.8 Å². The van der Waals surface area contributed by atoms with Crippen LogP contribution in [0, 0.1) is 0 Å². The number of hydrogen-bond acceptors (Lipinski definition) is 4. The molecule has 162 valence electrons. The molecule has 2 aromatic heterocycles. The third kappa shape index (κ3) is 4.46. The van der Waals surface area contributed by atoms with Crippen molar-refractivity contribution in [2.45, 2.75) is 19.3 Å². The summed E-state index contributed by atoms with van der Waals surface area (Å²) in [6.45, 7) is 1.97. The van der Waals surface area contributed by atoms with Crippen LogP contribution in [0.2, 0.25) is 0 Å². The largest absolute Gasteiger partial charge is 0.351 e. The monoisotopic (exact) mass is 419 g/mol. The van der Waals surface area contributed by atoms with E-state index < -0.39 is 0 Å². The van der Waals surface area contributed by atoms with Crippen molar-refractivity contribution in [3.8, 4) is 0 Å². The zero-order chi connectivity index (χ0) is 22.0. The standard InChI is InChI=1S/C24H29N5O2/c1-27(2)12-10-25-24(31)17-13-22-20(26-15-17)8-6-11-29(22)23(30)14-18-16-28(3)21-9-5-4-7-19(18)21/h4-5,7,9,13,15-16H,6,8,10-12,14H2,1-3H3,(H,25,31). The molecule has 31 heavy (non-hydrogen) atoms. The normalized spacial score (nSPS) is 13.5. The summed E-state index contributed by atoms with van der Waals surface area (Å²) in [7, 11) is 5.93. The van der Waals surface area contributed by atoms with Gasteiger partial charge in [-0.25, -0.2) is 0 Å². The SMILES string of the molecule is CN(C)CCNC(=O)c1cnc2c(c1)N(C(=O)Cc1cn(C)c3ccccc13)CCC2. The van der Waals surface area contributed by atoms with Gasteiger partial charge >= 0.3 is 0 Å². The molecular weight excluding hydrogens is 390 g/mol. The number of rotatable bonds is 6. The van der Waals surface area contributed by atoms with Crippen LogP contribution in [0.15, 0.2) is 42.7 Å². The Morgan fingerprint density at radius 1 is 1.23 bits per heavy atom. The van der Waals surface area contributed by atoms with E-state index in [0.717, 1.165) is 47.2 Å². The number of anilines is 1. The fourth-order valence-corrected chi connectivity index (χ4v) is 4.14. The Morgan fingerprint density at radius 3 is 2.84 bits per heavy atom. The highest BCUT2D eigenvalue weighted by molar-refractivity contribution is 6.00. The van der Waals surface area contributed by atoms with Crippen molar-refractivity contribution in [3.63, 3.8) is 0 Å². The van der Waals surface area contributed by atoms with Gasteiger partial charge in [0.2, 0.25) is 5.91 Å². The third-order valence-corrected chi connectivity index (χ3v) is 5.76. The zero-order valence-electron chi connectivity index (χ0n) is 18.4. The Labute approximate surface area is 182 Å². The molecule has 0 bridgehead atoms. The van der Waals surface area contributed by atoms with Gasteiger partial charge < -0.3 is 19.7 Å². The summed E-state index contributed by atoms with van der Waals surface area (Å²) in [5.41, 5.74) is 4.25. The maximum atomic E-state index is 13.3. The van der Waals surface area contributed by atoms with Crippen LogP contribution in [0.4, 0.5) is 5.69 Å². The highest BCUT2D eigenvalue weighted by atomic mass is 16.2. The number of benzene rings is 1. The third-order valence-electron chi connectivity index (χ3n) is 5.76. The number of hydrogen-bond donors (Lipinski definition) is 1. The van der Waals surface area contributed by atoms with Crippen molar-refractivity contribution in [1.29, 1.82) is 0 Å². The summed E-state index contributed by atoms with van der Waals surface area (Å²) in [6.07, 6.45) is 5.65. The van der Waals surface area contributed by atoms with Gasteiger partial charge in [0.15, 0.2) is 0 Å². The quantitative estimate of drug-likeness (QED) is 0.666. The second-order valence-electron chi connectivity index (χ2n) is 8.36. The molecular formula is C24H29N5O2. The molecule has 0 saturated carbocycles. The van der Waals surface area contributed by atoms with Gasteiger partial charge in [-0.05, 0) is 44.6 Å². The van der Waals surface area contributed by atoms with E-state index in [1.807, 2.05) is 50.4 Å². The number of para-hydroxylation sites is 1. The molecule has 0 atom stereocenters. The minimum absolute atomic E-state index is 0.0317. The van der Waals surface area contributed by atoms with E-state index >= 15 is 0 Å².